The fourth-order valence-electron chi connectivity index (χ4n) is 3.17. The van der Waals surface area contributed by atoms with Crippen molar-refractivity contribution in [1.82, 2.24) is 20.0 Å². The van der Waals surface area contributed by atoms with E-state index in [0.29, 0.717) is 25.6 Å². The number of carbonyl (C=O) groups is 1. The summed E-state index contributed by atoms with van der Waals surface area (Å²) in [5.41, 5.74) is 0. The van der Waals surface area contributed by atoms with Gasteiger partial charge < -0.3 is 24.8 Å². The molecule has 2 fully saturated rings. The van der Waals surface area contributed by atoms with Crippen molar-refractivity contribution in [3.05, 3.63) is 0 Å². The Bertz CT molecular complexity index is 345. The molecule has 6 heteroatoms. The van der Waals surface area contributed by atoms with Gasteiger partial charge in [0.15, 0.2) is 0 Å². The molecule has 0 radical (unpaired) electrons. The van der Waals surface area contributed by atoms with Crippen LogP contribution in [0.5, 0.6) is 0 Å². The largest absolute Gasteiger partial charge is 0.375 e. The number of hydrogen-bond acceptors (Lipinski definition) is 4. The SMILES string of the molecule is CCN1CCN(CC(C)CNC(=O)N2CCOC(C)C2)CC1. The number of urea groups is 1. The third-order valence-electron chi connectivity index (χ3n) is 4.61. The predicted octanol–water partition coefficient (Wildman–Crippen LogP) is 0.690. The molecule has 0 aromatic heterocycles. The zero-order chi connectivity index (χ0) is 15.9. The average Bonchev–Trinajstić information content (AvgIpc) is 2.53. The van der Waals surface area contributed by atoms with Crippen LogP contribution in [0.25, 0.3) is 0 Å². The maximum Gasteiger partial charge on any atom is 0.317 e. The minimum atomic E-state index is 0.0535. The minimum Gasteiger partial charge on any atom is -0.375 e. The van der Waals surface area contributed by atoms with E-state index in [1.165, 1.54) is 13.1 Å². The number of piperazine rings is 1. The van der Waals surface area contributed by atoms with E-state index in [1.54, 1.807) is 0 Å². The van der Waals surface area contributed by atoms with E-state index in [4.69, 9.17) is 4.74 Å². The smallest absolute Gasteiger partial charge is 0.317 e. The van der Waals surface area contributed by atoms with Crippen LogP contribution in [0.15, 0.2) is 0 Å². The zero-order valence-electron chi connectivity index (χ0n) is 14.4. The molecule has 128 valence electrons. The van der Waals surface area contributed by atoms with E-state index in [2.05, 4.69) is 29.0 Å². The van der Waals surface area contributed by atoms with Gasteiger partial charge in [-0.15, -0.1) is 0 Å². The van der Waals surface area contributed by atoms with Crippen LogP contribution in [0.3, 0.4) is 0 Å². The van der Waals surface area contributed by atoms with Crippen molar-refractivity contribution in [2.75, 3.05) is 65.5 Å². The first-order valence-corrected chi connectivity index (χ1v) is 8.67. The molecule has 2 saturated heterocycles. The quantitative estimate of drug-likeness (QED) is 0.811. The van der Waals surface area contributed by atoms with Crippen LogP contribution in [0.2, 0.25) is 0 Å². The van der Waals surface area contributed by atoms with Gasteiger partial charge in [-0.25, -0.2) is 4.79 Å². The number of nitrogens with one attached hydrogen (secondary N) is 1. The molecule has 2 rings (SSSR count). The molecule has 2 aliphatic rings. The standard InChI is InChI=1S/C16H32N4O2/c1-4-18-5-7-19(8-6-18)12-14(2)11-17-16(21)20-9-10-22-15(3)13-20/h14-15H,4-13H2,1-3H3,(H,17,21). The molecule has 2 aliphatic heterocycles. The maximum absolute atomic E-state index is 12.2. The number of amides is 2. The third kappa shape index (κ3) is 5.41. The van der Waals surface area contributed by atoms with E-state index in [0.717, 1.165) is 32.7 Å². The highest BCUT2D eigenvalue weighted by atomic mass is 16.5. The molecule has 2 amide bonds. The Balaban J connectivity index is 1.63. The normalized spacial score (nSPS) is 26.0. The summed E-state index contributed by atoms with van der Waals surface area (Å²) in [5.74, 6) is 0.482. The second kappa shape index (κ2) is 8.70. The van der Waals surface area contributed by atoms with Gasteiger partial charge in [0.2, 0.25) is 0 Å². The summed E-state index contributed by atoms with van der Waals surface area (Å²) >= 11 is 0. The van der Waals surface area contributed by atoms with Crippen molar-refractivity contribution in [2.45, 2.75) is 26.9 Å². The number of likely N-dealkylation sites (N-methyl/N-ethyl adjacent to an activating group) is 1. The number of hydrogen-bond donors (Lipinski definition) is 1. The second-order valence-corrected chi connectivity index (χ2v) is 6.65. The van der Waals surface area contributed by atoms with Crippen LogP contribution in [0, 0.1) is 5.92 Å². The molecule has 0 aromatic carbocycles. The van der Waals surface area contributed by atoms with Gasteiger partial charge in [0.05, 0.1) is 12.7 Å². The first kappa shape index (κ1) is 17.5. The van der Waals surface area contributed by atoms with E-state index in [-0.39, 0.29) is 12.1 Å². The zero-order valence-corrected chi connectivity index (χ0v) is 14.4. The van der Waals surface area contributed by atoms with Gasteiger partial charge >= 0.3 is 6.03 Å². The van der Waals surface area contributed by atoms with Crippen LogP contribution in [-0.4, -0.2) is 92.3 Å². The van der Waals surface area contributed by atoms with Gasteiger partial charge in [-0.05, 0) is 19.4 Å². The second-order valence-electron chi connectivity index (χ2n) is 6.65. The minimum absolute atomic E-state index is 0.0535. The van der Waals surface area contributed by atoms with E-state index in [9.17, 15) is 4.79 Å². The topological polar surface area (TPSA) is 48.0 Å². The summed E-state index contributed by atoms with van der Waals surface area (Å²) in [6.45, 7) is 16.1. The maximum atomic E-state index is 12.2. The van der Waals surface area contributed by atoms with Crippen molar-refractivity contribution in [3.8, 4) is 0 Å². The number of rotatable bonds is 5. The van der Waals surface area contributed by atoms with Crippen molar-refractivity contribution in [3.63, 3.8) is 0 Å². The lowest BCUT2D eigenvalue weighted by atomic mass is 10.1. The van der Waals surface area contributed by atoms with Crippen LogP contribution in [-0.2, 0) is 4.74 Å². The molecule has 0 aliphatic carbocycles. The van der Waals surface area contributed by atoms with Gasteiger partial charge in [-0.1, -0.05) is 13.8 Å². The molecular weight excluding hydrogens is 280 g/mol. The number of nitrogens with zero attached hydrogens (tertiary/aromatic N) is 3. The molecule has 2 atom stereocenters. The highest BCUT2D eigenvalue weighted by Gasteiger charge is 2.22. The van der Waals surface area contributed by atoms with Gasteiger partial charge in [0.25, 0.3) is 0 Å². The summed E-state index contributed by atoms with van der Waals surface area (Å²) in [6, 6.07) is 0.0535. The molecule has 2 heterocycles. The first-order valence-electron chi connectivity index (χ1n) is 8.67. The Kier molecular flexibility index (Phi) is 6.92. The Morgan fingerprint density at radius 3 is 2.55 bits per heavy atom. The first-order chi connectivity index (χ1) is 10.6. The van der Waals surface area contributed by atoms with Gasteiger partial charge in [-0.2, -0.15) is 0 Å². The monoisotopic (exact) mass is 312 g/mol. The van der Waals surface area contributed by atoms with Gasteiger partial charge in [-0.3, -0.25) is 0 Å². The Labute approximate surface area is 134 Å². The van der Waals surface area contributed by atoms with Crippen molar-refractivity contribution in [2.24, 2.45) is 5.92 Å². The summed E-state index contributed by atoms with van der Waals surface area (Å²) in [4.78, 5) is 19.0. The lowest BCUT2D eigenvalue weighted by molar-refractivity contribution is -0.00361. The molecule has 6 nitrogen and oxygen atoms in total. The van der Waals surface area contributed by atoms with Crippen LogP contribution >= 0.6 is 0 Å². The summed E-state index contributed by atoms with van der Waals surface area (Å²) < 4.78 is 5.47. The summed E-state index contributed by atoms with van der Waals surface area (Å²) in [7, 11) is 0. The lowest BCUT2D eigenvalue weighted by Gasteiger charge is -2.35. The van der Waals surface area contributed by atoms with Crippen LogP contribution in [0.4, 0.5) is 4.79 Å². The van der Waals surface area contributed by atoms with Gasteiger partial charge in [0.1, 0.15) is 0 Å². The molecular formula is C16H32N4O2. The molecule has 0 saturated carbocycles. The average molecular weight is 312 g/mol. The molecule has 22 heavy (non-hydrogen) atoms. The van der Waals surface area contributed by atoms with E-state index >= 15 is 0 Å². The molecule has 2 unspecified atom stereocenters. The fourth-order valence-corrected chi connectivity index (χ4v) is 3.17. The highest BCUT2D eigenvalue weighted by molar-refractivity contribution is 5.74. The Morgan fingerprint density at radius 1 is 1.23 bits per heavy atom. The summed E-state index contributed by atoms with van der Waals surface area (Å²) in [5, 5.41) is 3.08. The predicted molar refractivity (Wildman–Crippen MR) is 88.1 cm³/mol. The lowest BCUT2D eigenvalue weighted by Crippen LogP contribution is -2.51. The van der Waals surface area contributed by atoms with Crippen molar-refractivity contribution >= 4 is 6.03 Å². The molecule has 0 bridgehead atoms. The number of ether oxygens (including phenoxy) is 1. The molecule has 0 spiro atoms. The molecule has 0 aromatic rings. The fraction of sp³-hybridized carbons (Fsp3) is 0.938. The van der Waals surface area contributed by atoms with Crippen molar-refractivity contribution in [1.29, 1.82) is 0 Å². The number of morpholine rings is 1. The highest BCUT2D eigenvalue weighted by Crippen LogP contribution is 2.07. The van der Waals surface area contributed by atoms with E-state index in [1.807, 2.05) is 11.8 Å². The number of carbonyl (C=O) groups excluding carboxylic acids is 1. The van der Waals surface area contributed by atoms with Crippen molar-refractivity contribution < 1.29 is 9.53 Å². The van der Waals surface area contributed by atoms with Gasteiger partial charge in [0, 0.05) is 52.4 Å². The Morgan fingerprint density at radius 2 is 1.91 bits per heavy atom. The third-order valence-corrected chi connectivity index (χ3v) is 4.61. The Hall–Kier alpha value is -0.850. The summed E-state index contributed by atoms with van der Waals surface area (Å²) in [6.07, 6.45) is 0.145. The molecule has 1 N–H and O–H groups in total. The van der Waals surface area contributed by atoms with Crippen LogP contribution in [0.1, 0.15) is 20.8 Å². The van der Waals surface area contributed by atoms with E-state index < -0.39 is 0 Å². The van der Waals surface area contributed by atoms with Crippen LogP contribution < -0.4 is 5.32 Å².